The first-order valence-corrected chi connectivity index (χ1v) is 7.30. The summed E-state index contributed by atoms with van der Waals surface area (Å²) >= 11 is 0. The molecule has 0 fully saturated rings. The van der Waals surface area contributed by atoms with E-state index < -0.39 is 0 Å². The van der Waals surface area contributed by atoms with E-state index >= 15 is 0 Å². The second-order valence-corrected chi connectivity index (χ2v) is 5.29. The Morgan fingerprint density at radius 1 is 1.33 bits per heavy atom. The van der Waals surface area contributed by atoms with E-state index in [4.69, 9.17) is 0 Å². The number of fused-ring (bicyclic) bond motifs is 1. The van der Waals surface area contributed by atoms with Crippen LogP contribution in [0, 0.1) is 0 Å². The van der Waals surface area contributed by atoms with Crippen LogP contribution in [0.5, 0.6) is 0 Å². The van der Waals surface area contributed by atoms with E-state index in [-0.39, 0.29) is 0 Å². The van der Waals surface area contributed by atoms with E-state index in [1.54, 1.807) is 7.05 Å². The third-order valence-electron chi connectivity index (χ3n) is 3.87. The molecule has 0 amide bonds. The van der Waals surface area contributed by atoms with Gasteiger partial charge >= 0.3 is 0 Å². The van der Waals surface area contributed by atoms with Crippen molar-refractivity contribution < 1.29 is 0 Å². The van der Waals surface area contributed by atoms with Crippen LogP contribution in [0.25, 0.3) is 11.0 Å². The van der Waals surface area contributed by atoms with Gasteiger partial charge in [0.1, 0.15) is 5.82 Å². The number of aliphatic imine (C=N–C) groups is 1. The van der Waals surface area contributed by atoms with Crippen molar-refractivity contribution in [3.8, 4) is 0 Å². The van der Waals surface area contributed by atoms with E-state index in [0.29, 0.717) is 12.6 Å². The molecule has 1 aromatic heterocycles. The molecule has 2 aromatic rings. The molecule has 0 unspecified atom stereocenters. The number of nitrogens with zero attached hydrogens (tertiary/aromatic N) is 3. The molecule has 0 saturated heterocycles. The average molecular weight is 283 g/mol. The summed E-state index contributed by atoms with van der Waals surface area (Å²) in [6.45, 7) is 0.658. The third-order valence-corrected chi connectivity index (χ3v) is 3.87. The summed E-state index contributed by atoms with van der Waals surface area (Å²) in [4.78, 5) is 8.94. The van der Waals surface area contributed by atoms with Gasteiger partial charge in [-0.25, -0.2) is 4.98 Å². The number of benzene rings is 1. The summed E-state index contributed by atoms with van der Waals surface area (Å²) < 4.78 is 2.12. The van der Waals surface area contributed by atoms with Gasteiger partial charge in [-0.05, 0) is 25.0 Å². The fourth-order valence-electron chi connectivity index (χ4n) is 2.64. The van der Waals surface area contributed by atoms with Gasteiger partial charge in [0.05, 0.1) is 17.6 Å². The SMILES string of the molecule is CN=C(NCc1nc2ccccc2n1C)NC1CC=CC1. The molecular weight excluding hydrogens is 262 g/mol. The van der Waals surface area contributed by atoms with E-state index in [0.717, 1.165) is 35.7 Å². The zero-order valence-corrected chi connectivity index (χ0v) is 12.5. The third kappa shape index (κ3) is 2.91. The minimum atomic E-state index is 0.455. The highest BCUT2D eigenvalue weighted by Gasteiger charge is 2.12. The maximum atomic E-state index is 4.66. The lowest BCUT2D eigenvalue weighted by Crippen LogP contribution is -2.42. The van der Waals surface area contributed by atoms with Crippen LogP contribution in [0.1, 0.15) is 18.7 Å². The molecule has 1 aliphatic rings. The normalized spacial score (nSPS) is 15.8. The van der Waals surface area contributed by atoms with Crippen LogP contribution < -0.4 is 10.6 Å². The Hall–Kier alpha value is -2.30. The number of imidazole rings is 1. The van der Waals surface area contributed by atoms with Gasteiger partial charge in [0.15, 0.2) is 5.96 Å². The molecule has 0 atom stereocenters. The van der Waals surface area contributed by atoms with Gasteiger partial charge in [0.25, 0.3) is 0 Å². The number of hydrogen-bond donors (Lipinski definition) is 2. The Kier molecular flexibility index (Phi) is 3.90. The fourth-order valence-corrected chi connectivity index (χ4v) is 2.64. The summed E-state index contributed by atoms with van der Waals surface area (Å²) in [7, 11) is 3.84. The Labute approximate surface area is 124 Å². The van der Waals surface area contributed by atoms with Gasteiger partial charge in [-0.3, -0.25) is 4.99 Å². The van der Waals surface area contributed by atoms with Crippen LogP contribution in [0.2, 0.25) is 0 Å². The monoisotopic (exact) mass is 283 g/mol. The topological polar surface area (TPSA) is 54.2 Å². The van der Waals surface area contributed by atoms with Crippen LogP contribution in [-0.2, 0) is 13.6 Å². The van der Waals surface area contributed by atoms with Crippen molar-refractivity contribution >= 4 is 17.0 Å². The second-order valence-electron chi connectivity index (χ2n) is 5.29. The minimum Gasteiger partial charge on any atom is -0.353 e. The van der Waals surface area contributed by atoms with Crippen molar-refractivity contribution in [1.82, 2.24) is 20.2 Å². The van der Waals surface area contributed by atoms with Crippen molar-refractivity contribution in [2.24, 2.45) is 12.0 Å². The molecule has 0 spiro atoms. The molecule has 110 valence electrons. The highest BCUT2D eigenvalue weighted by Crippen LogP contribution is 2.14. The van der Waals surface area contributed by atoms with Crippen molar-refractivity contribution in [3.63, 3.8) is 0 Å². The number of guanidine groups is 1. The maximum Gasteiger partial charge on any atom is 0.191 e. The summed E-state index contributed by atoms with van der Waals surface area (Å²) in [5.74, 6) is 1.83. The second kappa shape index (κ2) is 5.99. The summed E-state index contributed by atoms with van der Waals surface area (Å²) in [5.41, 5.74) is 2.18. The van der Waals surface area contributed by atoms with Crippen molar-refractivity contribution in [1.29, 1.82) is 0 Å². The Morgan fingerprint density at radius 2 is 2.10 bits per heavy atom. The summed E-state index contributed by atoms with van der Waals surface area (Å²) in [6.07, 6.45) is 6.53. The first-order chi connectivity index (χ1) is 10.3. The molecule has 0 saturated carbocycles. The molecule has 3 rings (SSSR count). The molecule has 0 aliphatic heterocycles. The van der Waals surface area contributed by atoms with Crippen LogP contribution in [0.4, 0.5) is 0 Å². The van der Waals surface area contributed by atoms with Gasteiger partial charge in [-0.15, -0.1) is 0 Å². The van der Waals surface area contributed by atoms with E-state index in [1.165, 1.54) is 0 Å². The van der Waals surface area contributed by atoms with Crippen molar-refractivity contribution in [2.45, 2.75) is 25.4 Å². The van der Waals surface area contributed by atoms with E-state index in [2.05, 4.69) is 43.4 Å². The quantitative estimate of drug-likeness (QED) is 0.514. The summed E-state index contributed by atoms with van der Waals surface area (Å²) in [5, 5.41) is 6.77. The maximum absolute atomic E-state index is 4.66. The lowest BCUT2D eigenvalue weighted by molar-refractivity contribution is 0.627. The predicted molar refractivity (Wildman–Crippen MR) is 86.2 cm³/mol. The summed E-state index contributed by atoms with van der Waals surface area (Å²) in [6, 6.07) is 8.63. The zero-order valence-electron chi connectivity index (χ0n) is 12.5. The predicted octanol–water partition coefficient (Wildman–Crippen LogP) is 1.96. The first kappa shape index (κ1) is 13.7. The largest absolute Gasteiger partial charge is 0.353 e. The van der Waals surface area contributed by atoms with E-state index in [1.807, 2.05) is 25.2 Å². The number of hydrogen-bond acceptors (Lipinski definition) is 2. The van der Waals surface area contributed by atoms with Crippen LogP contribution in [0.3, 0.4) is 0 Å². The molecular formula is C16H21N5. The number of rotatable bonds is 3. The molecule has 1 aliphatic carbocycles. The lowest BCUT2D eigenvalue weighted by Gasteiger charge is -2.16. The average Bonchev–Trinajstić information content (AvgIpc) is 3.12. The number of nitrogens with one attached hydrogen (secondary N) is 2. The standard InChI is InChI=1S/C16H21N5/c1-17-16(19-12-7-3-4-8-12)18-11-15-20-13-9-5-6-10-14(13)21(15)2/h3-6,9-10,12H,7-8,11H2,1-2H3,(H2,17,18,19). The number of para-hydroxylation sites is 2. The highest BCUT2D eigenvalue weighted by atomic mass is 15.2. The van der Waals surface area contributed by atoms with Gasteiger partial charge in [0.2, 0.25) is 0 Å². The van der Waals surface area contributed by atoms with Crippen LogP contribution in [0.15, 0.2) is 41.4 Å². The van der Waals surface area contributed by atoms with Crippen molar-refractivity contribution in [3.05, 3.63) is 42.2 Å². The molecule has 5 heteroatoms. The van der Waals surface area contributed by atoms with Crippen LogP contribution >= 0.6 is 0 Å². The van der Waals surface area contributed by atoms with Gasteiger partial charge in [-0.2, -0.15) is 0 Å². The van der Waals surface area contributed by atoms with Gasteiger partial charge in [0, 0.05) is 20.1 Å². The smallest absolute Gasteiger partial charge is 0.191 e. The first-order valence-electron chi connectivity index (χ1n) is 7.30. The Bertz CT molecular complexity index is 675. The zero-order chi connectivity index (χ0) is 14.7. The van der Waals surface area contributed by atoms with E-state index in [9.17, 15) is 0 Å². The Balaban J connectivity index is 1.66. The fraction of sp³-hybridized carbons (Fsp3) is 0.375. The molecule has 5 nitrogen and oxygen atoms in total. The van der Waals surface area contributed by atoms with Gasteiger partial charge in [-0.1, -0.05) is 24.3 Å². The molecule has 0 radical (unpaired) electrons. The molecule has 2 N–H and O–H groups in total. The van der Waals surface area contributed by atoms with Gasteiger partial charge < -0.3 is 15.2 Å². The van der Waals surface area contributed by atoms with Crippen molar-refractivity contribution in [2.75, 3.05) is 7.05 Å². The Morgan fingerprint density at radius 3 is 2.81 bits per heavy atom. The number of aromatic nitrogens is 2. The number of aryl methyl sites for hydroxylation is 1. The molecule has 21 heavy (non-hydrogen) atoms. The molecule has 1 aromatic carbocycles. The minimum absolute atomic E-state index is 0.455. The molecule has 0 bridgehead atoms. The highest BCUT2D eigenvalue weighted by molar-refractivity contribution is 5.80. The van der Waals surface area contributed by atoms with Crippen LogP contribution in [-0.4, -0.2) is 28.6 Å². The molecule has 1 heterocycles. The lowest BCUT2D eigenvalue weighted by atomic mass is 10.2.